The molecule has 2 amide bonds. The van der Waals surface area contributed by atoms with Crippen molar-refractivity contribution in [1.82, 2.24) is 8.75 Å². The van der Waals surface area contributed by atoms with Gasteiger partial charge >= 0.3 is 0 Å². The Hall–Kier alpha value is -3.00. The summed E-state index contributed by atoms with van der Waals surface area (Å²) in [7, 11) is 0. The van der Waals surface area contributed by atoms with Crippen molar-refractivity contribution in [2.75, 3.05) is 23.4 Å². The first-order chi connectivity index (χ1) is 13.4. The summed E-state index contributed by atoms with van der Waals surface area (Å²) in [5.74, 6) is 0.362. The fourth-order valence-electron chi connectivity index (χ4n) is 3.17. The number of carbonyl (C=O) groups is 2. The highest BCUT2D eigenvalue weighted by Gasteiger charge is 2.37. The predicted molar refractivity (Wildman–Crippen MR) is 109 cm³/mol. The van der Waals surface area contributed by atoms with Gasteiger partial charge in [-0.25, -0.2) is 0 Å². The molecule has 1 aliphatic rings. The van der Waals surface area contributed by atoms with Gasteiger partial charge < -0.3 is 15.0 Å². The van der Waals surface area contributed by atoms with Crippen molar-refractivity contribution >= 4 is 46.0 Å². The average Bonchev–Trinajstić information content (AvgIpc) is 3.12. The molecule has 28 heavy (non-hydrogen) atoms. The molecule has 2 heterocycles. The van der Waals surface area contributed by atoms with Gasteiger partial charge in [0.1, 0.15) is 23.4 Å². The van der Waals surface area contributed by atoms with Crippen LogP contribution in [0.15, 0.2) is 36.4 Å². The maximum Gasteiger partial charge on any atom is 0.255 e. The minimum absolute atomic E-state index is 0.0238. The van der Waals surface area contributed by atoms with Gasteiger partial charge in [0, 0.05) is 23.9 Å². The molecule has 0 saturated carbocycles. The highest BCUT2D eigenvalue weighted by molar-refractivity contribution is 7.00. The maximum absolute atomic E-state index is 12.8. The van der Waals surface area contributed by atoms with Crippen LogP contribution in [0, 0.1) is 5.41 Å². The normalized spacial score (nSPS) is 15.7. The fourth-order valence-corrected chi connectivity index (χ4v) is 3.68. The SMILES string of the molecule is CCN1C(=O)C(C)(C)COc2cc(NC(=O)c3ccc4nsnc4c3)ccc21. The minimum atomic E-state index is -0.616. The molecule has 1 aliphatic heterocycles. The van der Waals surface area contributed by atoms with E-state index in [1.165, 1.54) is 0 Å². The van der Waals surface area contributed by atoms with Crippen LogP contribution in [0.3, 0.4) is 0 Å². The summed E-state index contributed by atoms with van der Waals surface area (Å²) in [6.07, 6.45) is 0. The first kappa shape index (κ1) is 18.4. The van der Waals surface area contributed by atoms with Crippen molar-refractivity contribution in [3.63, 3.8) is 0 Å². The third-order valence-electron chi connectivity index (χ3n) is 4.75. The summed E-state index contributed by atoms with van der Waals surface area (Å²) in [6, 6.07) is 10.6. The molecule has 3 aromatic rings. The fraction of sp³-hybridized carbons (Fsp3) is 0.300. The summed E-state index contributed by atoms with van der Waals surface area (Å²) < 4.78 is 14.2. The largest absolute Gasteiger partial charge is 0.490 e. The molecule has 8 heteroatoms. The topological polar surface area (TPSA) is 84.4 Å². The zero-order valence-electron chi connectivity index (χ0n) is 15.9. The van der Waals surface area contributed by atoms with Crippen molar-refractivity contribution in [2.45, 2.75) is 20.8 Å². The number of ether oxygens (including phenoxy) is 1. The van der Waals surface area contributed by atoms with Crippen LogP contribution >= 0.6 is 11.7 Å². The second-order valence-electron chi connectivity index (χ2n) is 7.33. The Morgan fingerprint density at radius 2 is 2.00 bits per heavy atom. The van der Waals surface area contributed by atoms with Crippen LogP contribution in [0.2, 0.25) is 0 Å². The van der Waals surface area contributed by atoms with E-state index in [0.29, 0.717) is 34.7 Å². The number of anilines is 2. The Bertz CT molecular complexity index is 1080. The summed E-state index contributed by atoms with van der Waals surface area (Å²) in [4.78, 5) is 27.1. The third-order valence-corrected chi connectivity index (χ3v) is 5.31. The Kier molecular flexibility index (Phi) is 4.50. The molecule has 0 aliphatic carbocycles. The zero-order chi connectivity index (χ0) is 19.9. The van der Waals surface area contributed by atoms with Crippen molar-refractivity contribution in [3.8, 4) is 5.75 Å². The molecule has 0 saturated heterocycles. The third kappa shape index (κ3) is 3.20. The molecule has 0 fully saturated rings. The van der Waals surface area contributed by atoms with Crippen LogP contribution < -0.4 is 15.0 Å². The van der Waals surface area contributed by atoms with E-state index in [1.807, 2.05) is 20.8 Å². The molecule has 1 N–H and O–H groups in total. The van der Waals surface area contributed by atoms with Crippen LogP contribution in [-0.4, -0.2) is 33.7 Å². The lowest BCUT2D eigenvalue weighted by atomic mass is 9.93. The van der Waals surface area contributed by atoms with Gasteiger partial charge in [-0.3, -0.25) is 9.59 Å². The number of hydrogen-bond donors (Lipinski definition) is 1. The van der Waals surface area contributed by atoms with Crippen molar-refractivity contribution in [1.29, 1.82) is 0 Å². The number of amides is 2. The van der Waals surface area contributed by atoms with Crippen LogP contribution in [0.5, 0.6) is 5.75 Å². The number of hydrogen-bond acceptors (Lipinski definition) is 6. The molecule has 0 radical (unpaired) electrons. The molecular weight excluding hydrogens is 376 g/mol. The van der Waals surface area contributed by atoms with Crippen LogP contribution in [0.25, 0.3) is 11.0 Å². The lowest BCUT2D eigenvalue weighted by Gasteiger charge is -2.26. The lowest BCUT2D eigenvalue weighted by molar-refractivity contribution is -0.127. The van der Waals surface area contributed by atoms with Gasteiger partial charge in [-0.2, -0.15) is 8.75 Å². The van der Waals surface area contributed by atoms with Crippen molar-refractivity contribution in [2.24, 2.45) is 5.41 Å². The second kappa shape index (κ2) is 6.87. The predicted octanol–water partition coefficient (Wildman–Crippen LogP) is 3.72. The van der Waals surface area contributed by atoms with Crippen LogP contribution in [0.1, 0.15) is 31.1 Å². The minimum Gasteiger partial charge on any atom is -0.490 e. The van der Waals surface area contributed by atoms with E-state index in [4.69, 9.17) is 4.74 Å². The second-order valence-corrected chi connectivity index (χ2v) is 7.85. The van der Waals surface area contributed by atoms with Gasteiger partial charge in [0.2, 0.25) is 5.91 Å². The van der Waals surface area contributed by atoms with Gasteiger partial charge in [-0.1, -0.05) is 0 Å². The number of benzene rings is 2. The summed E-state index contributed by atoms with van der Waals surface area (Å²) in [6.45, 7) is 6.50. The van der Waals surface area contributed by atoms with Gasteiger partial charge in [0.15, 0.2) is 0 Å². The zero-order valence-corrected chi connectivity index (χ0v) is 16.7. The Labute approximate surface area is 166 Å². The number of carbonyl (C=O) groups excluding carboxylic acids is 2. The molecule has 144 valence electrons. The number of fused-ring (bicyclic) bond motifs is 2. The molecule has 0 bridgehead atoms. The number of rotatable bonds is 3. The Balaban J connectivity index is 1.61. The molecule has 0 unspecified atom stereocenters. The molecule has 0 spiro atoms. The number of nitrogens with zero attached hydrogens (tertiary/aromatic N) is 3. The van der Waals surface area contributed by atoms with Gasteiger partial charge in [-0.05, 0) is 51.1 Å². The van der Waals surface area contributed by atoms with Gasteiger partial charge in [-0.15, -0.1) is 0 Å². The average molecular weight is 396 g/mol. The summed E-state index contributed by atoms with van der Waals surface area (Å²) in [5.41, 5.74) is 2.67. The maximum atomic E-state index is 12.8. The lowest BCUT2D eigenvalue weighted by Crippen LogP contribution is -2.42. The summed E-state index contributed by atoms with van der Waals surface area (Å²) >= 11 is 1.12. The highest BCUT2D eigenvalue weighted by Crippen LogP contribution is 2.38. The van der Waals surface area contributed by atoms with E-state index in [-0.39, 0.29) is 18.4 Å². The van der Waals surface area contributed by atoms with E-state index < -0.39 is 5.41 Å². The number of nitrogens with one attached hydrogen (secondary N) is 1. The standard InChI is InChI=1S/C20H20N4O3S/c1-4-24-16-8-6-13(10-17(16)27-11-20(2,3)19(24)26)21-18(25)12-5-7-14-15(9-12)23-28-22-14/h5-10H,4,11H2,1-3H3,(H,21,25). The first-order valence-corrected chi connectivity index (χ1v) is 9.74. The van der Waals surface area contributed by atoms with E-state index >= 15 is 0 Å². The summed E-state index contributed by atoms with van der Waals surface area (Å²) in [5, 5.41) is 2.88. The first-order valence-electron chi connectivity index (χ1n) is 9.01. The molecule has 1 aromatic heterocycles. The Morgan fingerprint density at radius 3 is 2.79 bits per heavy atom. The van der Waals surface area contributed by atoms with Crippen molar-refractivity contribution < 1.29 is 14.3 Å². The van der Waals surface area contributed by atoms with Gasteiger partial charge in [0.05, 0.1) is 22.8 Å². The smallest absolute Gasteiger partial charge is 0.255 e. The van der Waals surface area contributed by atoms with E-state index in [2.05, 4.69) is 14.1 Å². The quantitative estimate of drug-likeness (QED) is 0.729. The molecular formula is C20H20N4O3S. The van der Waals surface area contributed by atoms with E-state index in [0.717, 1.165) is 17.2 Å². The monoisotopic (exact) mass is 396 g/mol. The molecule has 0 atom stereocenters. The molecule has 7 nitrogen and oxygen atoms in total. The van der Waals surface area contributed by atoms with E-state index in [9.17, 15) is 9.59 Å². The Morgan fingerprint density at radius 1 is 1.21 bits per heavy atom. The van der Waals surface area contributed by atoms with Crippen LogP contribution in [0.4, 0.5) is 11.4 Å². The highest BCUT2D eigenvalue weighted by atomic mass is 32.1. The molecule has 2 aromatic carbocycles. The van der Waals surface area contributed by atoms with E-state index in [1.54, 1.807) is 41.3 Å². The van der Waals surface area contributed by atoms with Crippen LogP contribution in [-0.2, 0) is 4.79 Å². The molecule has 4 rings (SSSR count). The number of aromatic nitrogens is 2. The van der Waals surface area contributed by atoms with Crippen molar-refractivity contribution in [3.05, 3.63) is 42.0 Å². The van der Waals surface area contributed by atoms with Gasteiger partial charge in [0.25, 0.3) is 5.91 Å².